The fraction of sp³-hybridized carbons (Fsp3) is 0.583. The van der Waals surface area contributed by atoms with Gasteiger partial charge in [-0.3, -0.25) is 9.59 Å². The van der Waals surface area contributed by atoms with E-state index in [9.17, 15) is 19.6 Å². The van der Waals surface area contributed by atoms with E-state index in [4.69, 9.17) is 14.2 Å². The molecule has 9 nitrogen and oxygen atoms in total. The van der Waals surface area contributed by atoms with E-state index < -0.39 is 23.5 Å². The number of hydrogen-bond acceptors (Lipinski definition) is 7. The van der Waals surface area contributed by atoms with Gasteiger partial charge >= 0.3 is 5.97 Å². The highest BCUT2D eigenvalue weighted by molar-refractivity contribution is 6.04. The predicted molar refractivity (Wildman–Crippen MR) is 120 cm³/mol. The van der Waals surface area contributed by atoms with Crippen molar-refractivity contribution in [3.8, 4) is 17.6 Å². The van der Waals surface area contributed by atoms with Gasteiger partial charge in [-0.25, -0.2) is 4.79 Å². The van der Waals surface area contributed by atoms with Crippen LogP contribution in [0.4, 0.5) is 5.69 Å². The summed E-state index contributed by atoms with van der Waals surface area (Å²) in [5, 5.41) is 15.1. The minimum Gasteiger partial charge on any atom is -0.493 e. The topological polar surface area (TPSA) is 127 Å². The van der Waals surface area contributed by atoms with Crippen LogP contribution in [0, 0.1) is 23.2 Å². The number of rotatable bonds is 8. The van der Waals surface area contributed by atoms with Crippen molar-refractivity contribution in [2.75, 3.05) is 19.5 Å². The number of nitrogens with one attached hydrogen (secondary N) is 2. The molecular formula is C24H31N3O6. The summed E-state index contributed by atoms with van der Waals surface area (Å²) in [4.78, 5) is 38.2. The molecule has 2 aliphatic carbocycles. The van der Waals surface area contributed by atoms with Crippen molar-refractivity contribution in [1.29, 1.82) is 5.26 Å². The summed E-state index contributed by atoms with van der Waals surface area (Å²) in [6, 6.07) is 5.13. The van der Waals surface area contributed by atoms with Crippen molar-refractivity contribution in [2.45, 2.75) is 64.0 Å². The van der Waals surface area contributed by atoms with Crippen molar-refractivity contribution in [2.24, 2.45) is 11.8 Å². The molecule has 1 aromatic rings. The first kappa shape index (κ1) is 24.4. The van der Waals surface area contributed by atoms with E-state index >= 15 is 0 Å². The van der Waals surface area contributed by atoms with Crippen LogP contribution in [-0.2, 0) is 14.3 Å². The lowest BCUT2D eigenvalue weighted by Crippen LogP contribution is -2.52. The van der Waals surface area contributed by atoms with Crippen LogP contribution in [0.25, 0.3) is 0 Å². The average Bonchev–Trinajstić information content (AvgIpc) is 3.55. The van der Waals surface area contributed by atoms with Gasteiger partial charge in [0.1, 0.15) is 5.54 Å². The fourth-order valence-corrected chi connectivity index (χ4v) is 4.10. The predicted octanol–water partition coefficient (Wildman–Crippen LogP) is 3.19. The highest BCUT2D eigenvalue weighted by Crippen LogP contribution is 2.40. The first-order valence-electron chi connectivity index (χ1n) is 11.2. The monoisotopic (exact) mass is 457 g/mol. The van der Waals surface area contributed by atoms with Crippen molar-refractivity contribution in [3.63, 3.8) is 0 Å². The molecule has 178 valence electrons. The molecule has 0 bridgehead atoms. The van der Waals surface area contributed by atoms with Gasteiger partial charge < -0.3 is 24.8 Å². The van der Waals surface area contributed by atoms with Gasteiger partial charge in [-0.15, -0.1) is 0 Å². The van der Waals surface area contributed by atoms with E-state index in [1.54, 1.807) is 0 Å². The lowest BCUT2D eigenvalue weighted by molar-refractivity contribution is -0.130. The van der Waals surface area contributed by atoms with Crippen LogP contribution in [0.15, 0.2) is 12.1 Å². The van der Waals surface area contributed by atoms with E-state index in [0.717, 1.165) is 25.7 Å². The Morgan fingerprint density at radius 2 is 1.73 bits per heavy atom. The fourth-order valence-electron chi connectivity index (χ4n) is 4.10. The second kappa shape index (κ2) is 10.1. The number of nitrogens with zero attached hydrogens (tertiary/aromatic N) is 1. The minimum absolute atomic E-state index is 0.0432. The van der Waals surface area contributed by atoms with Crippen molar-refractivity contribution in [3.05, 3.63) is 17.7 Å². The summed E-state index contributed by atoms with van der Waals surface area (Å²) in [5.41, 5.74) is -0.670. The molecule has 3 rings (SSSR count). The lowest BCUT2D eigenvalue weighted by atomic mass is 9.83. The number of esters is 1. The molecular weight excluding hydrogens is 426 g/mol. The molecule has 0 aromatic heterocycles. The van der Waals surface area contributed by atoms with Crippen LogP contribution in [0.1, 0.15) is 62.7 Å². The maximum absolute atomic E-state index is 13.0. The van der Waals surface area contributed by atoms with Crippen LogP contribution >= 0.6 is 0 Å². The highest BCUT2D eigenvalue weighted by atomic mass is 16.5. The van der Waals surface area contributed by atoms with Crippen molar-refractivity contribution in [1.82, 2.24) is 5.32 Å². The molecule has 2 N–H and O–H groups in total. The Hall–Kier alpha value is -3.28. The maximum atomic E-state index is 13.0. The third kappa shape index (κ3) is 5.56. The Morgan fingerprint density at radius 3 is 2.27 bits per heavy atom. The summed E-state index contributed by atoms with van der Waals surface area (Å²) in [7, 11) is 2.88. The van der Waals surface area contributed by atoms with Gasteiger partial charge in [0.25, 0.3) is 5.91 Å². The van der Waals surface area contributed by atoms with Crippen LogP contribution in [0.3, 0.4) is 0 Å². The van der Waals surface area contributed by atoms with E-state index in [0.29, 0.717) is 18.6 Å². The molecule has 3 unspecified atom stereocenters. The zero-order chi connectivity index (χ0) is 24.2. The molecule has 0 spiro atoms. The third-order valence-corrected chi connectivity index (χ3v) is 6.38. The molecule has 2 aliphatic rings. The standard InChI is InChI=1S/C24H31N3O6/c1-14-10-16(14)22(29)26-18-12-20(32-4)19(31-3)11-17(18)23(30)33-15(2)21(28)27-24(13-25)8-6-5-7-9-24/h11-12,14-16H,5-10H2,1-4H3,(H,26,29)(H,27,28). The largest absolute Gasteiger partial charge is 0.493 e. The molecule has 1 aromatic carbocycles. The number of benzene rings is 1. The Labute approximate surface area is 193 Å². The van der Waals surface area contributed by atoms with Gasteiger partial charge in [-0.1, -0.05) is 26.2 Å². The first-order chi connectivity index (χ1) is 15.7. The SMILES string of the molecule is COc1cc(NC(=O)C2CC2C)c(C(=O)OC(C)C(=O)NC2(C#N)CCCCC2)cc1OC. The van der Waals surface area contributed by atoms with Gasteiger partial charge in [0.15, 0.2) is 17.6 Å². The molecule has 0 saturated heterocycles. The van der Waals surface area contributed by atoms with Crippen molar-refractivity contribution >= 4 is 23.5 Å². The van der Waals surface area contributed by atoms with Crippen LogP contribution in [0.2, 0.25) is 0 Å². The van der Waals surface area contributed by atoms with Crippen LogP contribution in [-0.4, -0.2) is 43.6 Å². The third-order valence-electron chi connectivity index (χ3n) is 6.38. The lowest BCUT2D eigenvalue weighted by Gasteiger charge is -2.32. The number of nitriles is 1. The van der Waals surface area contributed by atoms with Crippen LogP contribution < -0.4 is 20.1 Å². The molecule has 0 radical (unpaired) electrons. The van der Waals surface area contributed by atoms with Gasteiger partial charge in [0, 0.05) is 18.1 Å². The van der Waals surface area contributed by atoms with E-state index in [1.807, 2.05) is 6.92 Å². The Balaban J connectivity index is 1.77. The van der Waals surface area contributed by atoms with E-state index in [-0.39, 0.29) is 34.7 Å². The van der Waals surface area contributed by atoms with E-state index in [1.165, 1.54) is 33.3 Å². The molecule has 3 atom stereocenters. The smallest absolute Gasteiger partial charge is 0.341 e. The summed E-state index contributed by atoms with van der Waals surface area (Å²) in [6.07, 6.45) is 3.54. The minimum atomic E-state index is -1.13. The first-order valence-corrected chi connectivity index (χ1v) is 11.2. The summed E-state index contributed by atoms with van der Waals surface area (Å²) >= 11 is 0. The maximum Gasteiger partial charge on any atom is 0.341 e. The second-order valence-electron chi connectivity index (χ2n) is 8.85. The van der Waals surface area contributed by atoms with Gasteiger partial charge in [-0.05, 0) is 32.1 Å². The number of carbonyl (C=O) groups excluding carboxylic acids is 3. The zero-order valence-electron chi connectivity index (χ0n) is 19.5. The zero-order valence-corrected chi connectivity index (χ0v) is 19.5. The molecule has 2 saturated carbocycles. The number of ether oxygens (including phenoxy) is 3. The number of hydrogen-bond donors (Lipinski definition) is 2. The number of carbonyl (C=O) groups is 3. The van der Waals surface area contributed by atoms with Crippen LogP contribution in [0.5, 0.6) is 11.5 Å². The summed E-state index contributed by atoms with van der Waals surface area (Å²) in [6.45, 7) is 3.43. The normalized spacial score (nSPS) is 21.7. The quantitative estimate of drug-likeness (QED) is 0.574. The Bertz CT molecular complexity index is 964. The van der Waals surface area contributed by atoms with Gasteiger partial charge in [0.2, 0.25) is 5.91 Å². The Morgan fingerprint density at radius 1 is 1.12 bits per heavy atom. The second-order valence-corrected chi connectivity index (χ2v) is 8.85. The molecule has 9 heteroatoms. The van der Waals surface area contributed by atoms with E-state index in [2.05, 4.69) is 16.7 Å². The number of amides is 2. The van der Waals surface area contributed by atoms with Gasteiger partial charge in [0.05, 0.1) is 31.5 Å². The summed E-state index contributed by atoms with van der Waals surface area (Å²) < 4.78 is 16.0. The average molecular weight is 458 g/mol. The number of methoxy groups -OCH3 is 2. The molecule has 0 heterocycles. The molecule has 33 heavy (non-hydrogen) atoms. The number of anilines is 1. The molecule has 2 fully saturated rings. The molecule has 0 aliphatic heterocycles. The van der Waals surface area contributed by atoms with Crippen molar-refractivity contribution < 1.29 is 28.6 Å². The summed E-state index contributed by atoms with van der Waals surface area (Å²) in [5.74, 6) is -0.724. The Kier molecular flexibility index (Phi) is 7.46. The highest BCUT2D eigenvalue weighted by Gasteiger charge is 2.40. The molecule has 2 amide bonds. The van der Waals surface area contributed by atoms with Gasteiger partial charge in [-0.2, -0.15) is 5.26 Å².